The number of carbonyl (C=O) groups excluding carboxylic acids is 1. The van der Waals surface area contributed by atoms with Gasteiger partial charge in [-0.2, -0.15) is 0 Å². The summed E-state index contributed by atoms with van der Waals surface area (Å²) in [6.07, 6.45) is 12.0. The maximum Gasteiger partial charge on any atom is 0.300 e. The molecule has 0 aromatic carbocycles. The van der Waals surface area contributed by atoms with Gasteiger partial charge in [0.2, 0.25) is 0 Å². The van der Waals surface area contributed by atoms with Gasteiger partial charge in [0, 0.05) is 50.8 Å². The van der Waals surface area contributed by atoms with Crippen LogP contribution in [0.5, 0.6) is 0 Å². The van der Waals surface area contributed by atoms with E-state index in [0.717, 1.165) is 33.6 Å². The van der Waals surface area contributed by atoms with Crippen LogP contribution in [0.1, 0.15) is 91.9 Å². The van der Waals surface area contributed by atoms with Crippen molar-refractivity contribution in [2.45, 2.75) is 97.9 Å². The van der Waals surface area contributed by atoms with Gasteiger partial charge in [-0.1, -0.05) is 58.3 Å². The van der Waals surface area contributed by atoms with Crippen LogP contribution < -0.4 is 11.5 Å². The summed E-state index contributed by atoms with van der Waals surface area (Å²) in [5, 5.41) is 22.2. The number of ketones is 1. The predicted octanol–water partition coefficient (Wildman–Crippen LogP) is 3.03. The van der Waals surface area contributed by atoms with E-state index in [-0.39, 0.29) is 29.4 Å². The van der Waals surface area contributed by atoms with Crippen molar-refractivity contribution in [3.05, 3.63) is 0 Å². The summed E-state index contributed by atoms with van der Waals surface area (Å²) in [4.78, 5) is 38.4. The smallest absolute Gasteiger partial charge is 0.300 e. The standard InChI is InChI=1S/C14H30N2O.3C2H4O2.Mn/c1-2-3-4-5-6-7-8-9-10-11-14(17)13(16)12-15;3*1-2(3)4;/h13H,2-12,15-16H2,1H3;3*1H3,(H,3,4);. The Morgan fingerprint density at radius 3 is 1.23 bits per heavy atom. The Balaban J connectivity index is -0.000000131. The number of unbranched alkanes of at least 4 members (excludes halogenated alkanes) is 8. The minimum Gasteiger partial charge on any atom is -0.481 e. The fourth-order valence-corrected chi connectivity index (χ4v) is 1.93. The summed E-state index contributed by atoms with van der Waals surface area (Å²) < 4.78 is 0. The number of hydrogen-bond acceptors (Lipinski definition) is 6. The summed E-state index contributed by atoms with van der Waals surface area (Å²) in [6, 6.07) is -0.441. The molecular formula is C20H42MnN2O7. The van der Waals surface area contributed by atoms with Crippen LogP contribution in [0.25, 0.3) is 0 Å². The fraction of sp³-hybridized carbons (Fsp3) is 0.800. The molecule has 0 fully saturated rings. The third kappa shape index (κ3) is 71.7. The molecule has 0 heterocycles. The van der Waals surface area contributed by atoms with Crippen LogP contribution in [0.3, 0.4) is 0 Å². The first-order valence-corrected chi connectivity index (χ1v) is 9.99. The first-order valence-electron chi connectivity index (χ1n) is 9.99. The zero-order valence-electron chi connectivity index (χ0n) is 18.9. The average molecular weight is 478 g/mol. The maximum absolute atomic E-state index is 11.4. The first-order chi connectivity index (χ1) is 13.4. The second kappa shape index (κ2) is 32.2. The number of carboxylic acid groups (broad SMARTS) is 3. The van der Waals surface area contributed by atoms with E-state index in [9.17, 15) is 4.79 Å². The Morgan fingerprint density at radius 2 is 0.967 bits per heavy atom. The molecule has 30 heavy (non-hydrogen) atoms. The summed E-state index contributed by atoms with van der Waals surface area (Å²) in [5.74, 6) is -2.38. The van der Waals surface area contributed by atoms with Crippen molar-refractivity contribution in [3.8, 4) is 0 Å². The SMILES string of the molecule is CC(=O)O.CC(=O)O.CC(=O)O.CCCCCCCCCCCC(=O)C(N)CN.[Mn]. The summed E-state index contributed by atoms with van der Waals surface area (Å²) in [5.41, 5.74) is 10.9. The molecule has 10 heteroatoms. The van der Waals surface area contributed by atoms with Crippen molar-refractivity contribution in [3.63, 3.8) is 0 Å². The van der Waals surface area contributed by atoms with Gasteiger partial charge in [-0.15, -0.1) is 0 Å². The van der Waals surface area contributed by atoms with Gasteiger partial charge in [0.05, 0.1) is 6.04 Å². The van der Waals surface area contributed by atoms with Gasteiger partial charge >= 0.3 is 0 Å². The van der Waals surface area contributed by atoms with Crippen molar-refractivity contribution in [1.82, 2.24) is 0 Å². The van der Waals surface area contributed by atoms with Gasteiger partial charge in [0.1, 0.15) is 0 Å². The molecule has 0 saturated heterocycles. The normalized spacial score (nSPS) is 9.67. The molecule has 0 aliphatic heterocycles. The fourth-order valence-electron chi connectivity index (χ4n) is 1.93. The van der Waals surface area contributed by atoms with Crippen molar-refractivity contribution < 1.29 is 51.6 Å². The second-order valence-electron chi connectivity index (χ2n) is 6.44. The number of aliphatic carboxylic acids is 3. The Kier molecular flexibility index (Phi) is 41.9. The second-order valence-corrected chi connectivity index (χ2v) is 6.44. The van der Waals surface area contributed by atoms with Gasteiger partial charge in [-0.3, -0.25) is 19.2 Å². The van der Waals surface area contributed by atoms with Crippen LogP contribution >= 0.6 is 0 Å². The van der Waals surface area contributed by atoms with Crippen LogP contribution in [0.15, 0.2) is 0 Å². The molecule has 9 nitrogen and oxygen atoms in total. The van der Waals surface area contributed by atoms with Crippen LogP contribution in [-0.4, -0.2) is 51.6 Å². The van der Waals surface area contributed by atoms with Crippen molar-refractivity contribution >= 4 is 23.7 Å². The number of Topliss-reactive ketones (excluding diaryl/α,β-unsaturated/α-hetero) is 1. The van der Waals surface area contributed by atoms with E-state index in [4.69, 9.17) is 41.2 Å². The number of rotatable bonds is 12. The third-order valence-electron chi connectivity index (χ3n) is 3.19. The molecule has 1 radical (unpaired) electrons. The molecule has 0 rings (SSSR count). The van der Waals surface area contributed by atoms with E-state index >= 15 is 0 Å². The van der Waals surface area contributed by atoms with E-state index in [0.29, 0.717) is 6.42 Å². The largest absolute Gasteiger partial charge is 0.481 e. The molecule has 0 aliphatic rings. The van der Waals surface area contributed by atoms with Crippen LogP contribution in [0.2, 0.25) is 0 Å². The van der Waals surface area contributed by atoms with E-state index < -0.39 is 23.9 Å². The molecule has 1 unspecified atom stereocenters. The van der Waals surface area contributed by atoms with Crippen LogP contribution in [-0.2, 0) is 36.2 Å². The Bertz CT molecular complexity index is 381. The number of hydrogen-bond donors (Lipinski definition) is 5. The zero-order chi connectivity index (χ0) is 23.7. The summed E-state index contributed by atoms with van der Waals surface area (Å²) >= 11 is 0. The molecule has 0 aromatic heterocycles. The topological polar surface area (TPSA) is 181 Å². The minimum atomic E-state index is -0.833. The minimum absolute atomic E-state index is 0. The van der Waals surface area contributed by atoms with E-state index in [1.807, 2.05) is 0 Å². The van der Waals surface area contributed by atoms with Crippen molar-refractivity contribution in [2.75, 3.05) is 6.54 Å². The molecule has 0 saturated carbocycles. The molecule has 181 valence electrons. The van der Waals surface area contributed by atoms with Gasteiger partial charge < -0.3 is 26.8 Å². The Labute approximate surface area is 191 Å². The van der Waals surface area contributed by atoms with Gasteiger partial charge in [-0.05, 0) is 6.42 Å². The van der Waals surface area contributed by atoms with Crippen molar-refractivity contribution in [1.29, 1.82) is 0 Å². The van der Waals surface area contributed by atoms with Crippen LogP contribution in [0, 0.1) is 0 Å². The number of carboxylic acids is 3. The predicted molar refractivity (Wildman–Crippen MR) is 114 cm³/mol. The molecule has 7 N–H and O–H groups in total. The van der Waals surface area contributed by atoms with Crippen LogP contribution in [0.4, 0.5) is 0 Å². The molecule has 0 aliphatic carbocycles. The molecule has 0 bridgehead atoms. The zero-order valence-corrected chi connectivity index (χ0v) is 20.0. The quantitative estimate of drug-likeness (QED) is 0.208. The maximum atomic E-state index is 11.4. The molecule has 0 amide bonds. The number of carbonyl (C=O) groups is 4. The summed E-state index contributed by atoms with van der Waals surface area (Å²) in [6.45, 7) is 5.76. The van der Waals surface area contributed by atoms with Gasteiger partial charge in [-0.25, -0.2) is 0 Å². The Hall–Kier alpha value is -1.48. The summed E-state index contributed by atoms with van der Waals surface area (Å²) in [7, 11) is 0. The monoisotopic (exact) mass is 477 g/mol. The molecule has 1 atom stereocenters. The third-order valence-corrected chi connectivity index (χ3v) is 3.19. The van der Waals surface area contributed by atoms with E-state index in [1.165, 1.54) is 44.9 Å². The van der Waals surface area contributed by atoms with Crippen molar-refractivity contribution in [2.24, 2.45) is 11.5 Å². The van der Waals surface area contributed by atoms with Gasteiger partial charge in [0.25, 0.3) is 17.9 Å². The molecule has 0 spiro atoms. The molecular weight excluding hydrogens is 435 g/mol. The van der Waals surface area contributed by atoms with E-state index in [1.54, 1.807) is 0 Å². The van der Waals surface area contributed by atoms with Gasteiger partial charge in [0.15, 0.2) is 5.78 Å². The average Bonchev–Trinajstić information content (AvgIpc) is 2.58. The number of nitrogens with two attached hydrogens (primary N) is 2. The first kappa shape index (κ1) is 39.0. The Morgan fingerprint density at radius 1 is 0.700 bits per heavy atom. The molecule has 0 aromatic rings. The van der Waals surface area contributed by atoms with E-state index in [2.05, 4.69) is 6.92 Å².